The molecule has 0 aliphatic rings. The molecule has 0 aromatic heterocycles. The van der Waals surface area contributed by atoms with E-state index in [1.807, 2.05) is 0 Å². The van der Waals surface area contributed by atoms with Crippen molar-refractivity contribution in [3.8, 4) is 0 Å². The molecule has 0 aromatic carbocycles. The van der Waals surface area contributed by atoms with Gasteiger partial charge in [0.05, 0.1) is 6.26 Å². The Morgan fingerprint density at radius 1 is 1.67 bits per heavy atom. The van der Waals surface area contributed by atoms with Gasteiger partial charge in [-0.15, -0.1) is 4.28 Å². The number of hydrogen-bond acceptors (Lipinski definition) is 4. The van der Waals surface area contributed by atoms with Gasteiger partial charge in [-0.1, -0.05) is 0 Å². The van der Waals surface area contributed by atoms with E-state index in [1.165, 1.54) is 5.48 Å². The molecule has 0 bridgehead atoms. The minimum Gasteiger partial charge on any atom is -0.464 e. The molecule has 0 spiro atoms. The first-order chi connectivity index (χ1) is 3.92. The van der Waals surface area contributed by atoms with Crippen molar-refractivity contribution in [2.45, 2.75) is 0 Å². The third-order valence-corrected chi connectivity index (χ3v) is 0.666. The highest BCUT2D eigenvalue weighted by Crippen LogP contribution is 1.78. The average molecular weight is 155 g/mol. The summed E-state index contributed by atoms with van der Waals surface area (Å²) < 4.78 is 23.6. The van der Waals surface area contributed by atoms with Crippen molar-refractivity contribution < 1.29 is 22.6 Å². The molecule has 0 fully saturated rings. The lowest BCUT2D eigenvalue weighted by atomic mass is 11.3. The molecular weight excluding hydrogens is 150 g/mol. The summed E-state index contributed by atoms with van der Waals surface area (Å²) in [5.74, 6) is 0. The van der Waals surface area contributed by atoms with Gasteiger partial charge in [0.15, 0.2) is 0 Å². The van der Waals surface area contributed by atoms with E-state index >= 15 is 0 Å². The maximum Gasteiger partial charge on any atom is 0.429 e. The number of rotatable bonds is 2. The molecule has 0 heterocycles. The molecule has 0 aliphatic heterocycles. The van der Waals surface area contributed by atoms with E-state index in [4.69, 9.17) is 5.11 Å². The third kappa shape index (κ3) is 7.18. The second-order valence-corrected chi connectivity index (χ2v) is 2.77. The van der Waals surface area contributed by atoms with Crippen molar-refractivity contribution in [1.29, 1.82) is 0 Å². The van der Waals surface area contributed by atoms with E-state index < -0.39 is 16.2 Å². The Balaban J connectivity index is 3.67. The Bertz CT molecular complexity index is 193. The van der Waals surface area contributed by atoms with Crippen LogP contribution in [-0.2, 0) is 14.4 Å². The van der Waals surface area contributed by atoms with Gasteiger partial charge in [0.1, 0.15) is 0 Å². The monoisotopic (exact) mass is 155 g/mol. The molecule has 0 aromatic rings. The predicted octanol–water partition coefficient (Wildman–Crippen LogP) is -0.855. The van der Waals surface area contributed by atoms with Crippen LogP contribution in [0.3, 0.4) is 0 Å². The van der Waals surface area contributed by atoms with Gasteiger partial charge in [0, 0.05) is 0 Å². The van der Waals surface area contributed by atoms with Crippen LogP contribution in [0.4, 0.5) is 4.79 Å². The summed E-state index contributed by atoms with van der Waals surface area (Å²) in [6.07, 6.45) is -0.830. The van der Waals surface area contributed by atoms with Crippen molar-refractivity contribution in [1.82, 2.24) is 5.48 Å². The minimum absolute atomic E-state index is 0.725. The number of amides is 1. The van der Waals surface area contributed by atoms with E-state index in [1.54, 1.807) is 0 Å². The highest BCUT2D eigenvalue weighted by atomic mass is 32.2. The fourth-order valence-electron chi connectivity index (χ4n) is 0.111. The van der Waals surface area contributed by atoms with Crippen LogP contribution in [0.2, 0.25) is 0 Å². The maximum absolute atomic E-state index is 9.99. The first kappa shape index (κ1) is 8.18. The Labute approximate surface area is 51.5 Å². The van der Waals surface area contributed by atoms with Crippen LogP contribution in [0.15, 0.2) is 0 Å². The molecular formula is C2H5NO5S. The van der Waals surface area contributed by atoms with E-state index in [9.17, 15) is 13.2 Å². The lowest BCUT2D eigenvalue weighted by molar-refractivity contribution is 0.140. The van der Waals surface area contributed by atoms with Crippen molar-refractivity contribution in [2.75, 3.05) is 6.26 Å². The lowest BCUT2D eigenvalue weighted by Gasteiger charge is -1.95. The Morgan fingerprint density at radius 2 is 2.11 bits per heavy atom. The molecule has 9 heavy (non-hydrogen) atoms. The summed E-state index contributed by atoms with van der Waals surface area (Å²) in [5, 5.41) is 7.78. The van der Waals surface area contributed by atoms with Crippen LogP contribution in [0.25, 0.3) is 0 Å². The van der Waals surface area contributed by atoms with Crippen molar-refractivity contribution >= 4 is 16.2 Å². The molecule has 0 rings (SSSR count). The Kier molecular flexibility index (Phi) is 2.41. The predicted molar refractivity (Wildman–Crippen MR) is 27.1 cm³/mol. The molecule has 2 N–H and O–H groups in total. The molecule has 0 radical (unpaired) electrons. The first-order valence-corrected chi connectivity index (χ1v) is 3.61. The number of hydroxylamine groups is 1. The highest BCUT2D eigenvalue weighted by Gasteiger charge is 2.02. The quantitative estimate of drug-likeness (QED) is 0.506. The standard InChI is InChI=1S/C2H5NO5S/c1-9(6,7)8-3-2(4)5/h3H,1H3,(H,4,5). The molecule has 54 valence electrons. The second-order valence-electron chi connectivity index (χ2n) is 1.19. The normalized spacial score (nSPS) is 10.8. The van der Waals surface area contributed by atoms with E-state index in [0.29, 0.717) is 0 Å². The van der Waals surface area contributed by atoms with Crippen LogP contribution in [0.1, 0.15) is 0 Å². The smallest absolute Gasteiger partial charge is 0.429 e. The van der Waals surface area contributed by atoms with Gasteiger partial charge in [0.2, 0.25) is 0 Å². The number of hydrogen-bond donors (Lipinski definition) is 2. The zero-order valence-electron chi connectivity index (χ0n) is 4.49. The molecule has 7 heteroatoms. The molecule has 0 saturated heterocycles. The summed E-state index contributed by atoms with van der Waals surface area (Å²) in [5.41, 5.74) is 1.21. The summed E-state index contributed by atoms with van der Waals surface area (Å²) in [6.45, 7) is 0. The van der Waals surface area contributed by atoms with Gasteiger partial charge in [-0.25, -0.2) is 4.79 Å². The number of carboxylic acid groups (broad SMARTS) is 1. The number of nitrogens with one attached hydrogen (secondary N) is 1. The highest BCUT2D eigenvalue weighted by molar-refractivity contribution is 7.85. The van der Waals surface area contributed by atoms with Crippen LogP contribution in [0, 0.1) is 0 Å². The van der Waals surface area contributed by atoms with Crippen LogP contribution < -0.4 is 5.48 Å². The average Bonchev–Trinajstić information content (AvgIpc) is 1.59. The van der Waals surface area contributed by atoms with Gasteiger partial charge < -0.3 is 5.11 Å². The van der Waals surface area contributed by atoms with Crippen LogP contribution in [-0.4, -0.2) is 25.9 Å². The third-order valence-electron chi connectivity index (χ3n) is 0.280. The molecule has 0 unspecified atom stereocenters. The largest absolute Gasteiger partial charge is 0.464 e. The zero-order valence-corrected chi connectivity index (χ0v) is 5.30. The SMILES string of the molecule is CS(=O)(=O)ONC(=O)O. The van der Waals surface area contributed by atoms with E-state index in [0.717, 1.165) is 6.26 Å². The zero-order chi connectivity index (χ0) is 7.49. The number of carbonyl (C=O) groups is 1. The minimum atomic E-state index is -3.71. The fourth-order valence-corrected chi connectivity index (χ4v) is 0.334. The molecule has 6 nitrogen and oxygen atoms in total. The first-order valence-electron chi connectivity index (χ1n) is 1.79. The van der Waals surface area contributed by atoms with Crippen molar-refractivity contribution in [2.24, 2.45) is 0 Å². The van der Waals surface area contributed by atoms with Crippen LogP contribution >= 0.6 is 0 Å². The topological polar surface area (TPSA) is 92.7 Å². The van der Waals surface area contributed by atoms with Crippen molar-refractivity contribution in [3.05, 3.63) is 0 Å². The van der Waals surface area contributed by atoms with E-state index in [2.05, 4.69) is 4.28 Å². The molecule has 0 atom stereocenters. The van der Waals surface area contributed by atoms with Crippen LogP contribution in [0.5, 0.6) is 0 Å². The maximum atomic E-state index is 9.99. The Hall–Kier alpha value is -0.820. The van der Waals surface area contributed by atoms with Crippen molar-refractivity contribution in [3.63, 3.8) is 0 Å². The van der Waals surface area contributed by atoms with Gasteiger partial charge in [-0.2, -0.15) is 13.9 Å². The second kappa shape index (κ2) is 2.65. The lowest BCUT2D eigenvalue weighted by Crippen LogP contribution is -2.24. The Morgan fingerprint density at radius 3 is 2.22 bits per heavy atom. The van der Waals surface area contributed by atoms with Gasteiger partial charge in [-0.05, 0) is 0 Å². The molecule has 1 amide bonds. The van der Waals surface area contributed by atoms with Gasteiger partial charge >= 0.3 is 6.09 Å². The molecule has 0 aliphatic carbocycles. The molecule has 0 saturated carbocycles. The van der Waals surface area contributed by atoms with Gasteiger partial charge in [0.25, 0.3) is 10.1 Å². The van der Waals surface area contributed by atoms with E-state index in [-0.39, 0.29) is 0 Å². The summed E-state index contributed by atoms with van der Waals surface area (Å²) in [4.78, 5) is 9.55. The summed E-state index contributed by atoms with van der Waals surface area (Å²) in [7, 11) is -3.71. The fraction of sp³-hybridized carbons (Fsp3) is 0.500. The van der Waals surface area contributed by atoms with Gasteiger partial charge in [-0.3, -0.25) is 0 Å². The summed E-state index contributed by atoms with van der Waals surface area (Å²) >= 11 is 0. The summed E-state index contributed by atoms with van der Waals surface area (Å²) in [6, 6.07) is 0.